The van der Waals surface area contributed by atoms with Crippen LogP contribution in [-0.2, 0) is 14.3 Å². The van der Waals surface area contributed by atoms with Crippen molar-refractivity contribution >= 4 is 11.9 Å². The van der Waals surface area contributed by atoms with Crippen LogP contribution in [0.25, 0.3) is 0 Å². The number of nitrogens with two attached hydrogens (primary N) is 1. The van der Waals surface area contributed by atoms with Gasteiger partial charge in [-0.1, -0.05) is 13.8 Å². The van der Waals surface area contributed by atoms with Crippen molar-refractivity contribution in [3.63, 3.8) is 0 Å². The number of carbonyl (C=O) groups excluding carboxylic acids is 2. The van der Waals surface area contributed by atoms with Crippen LogP contribution >= 0.6 is 0 Å². The maximum absolute atomic E-state index is 11.1. The number of hydrogen-bond donors (Lipinski definition) is 1. The van der Waals surface area contributed by atoms with E-state index in [-0.39, 0.29) is 18.8 Å². The number of carbonyl (C=O) groups is 2. The molecule has 0 heterocycles. The molecule has 0 aliphatic heterocycles. The molecule has 0 rings (SSSR count). The molecule has 0 spiro atoms. The van der Waals surface area contributed by atoms with Crippen molar-refractivity contribution < 1.29 is 14.3 Å². The van der Waals surface area contributed by atoms with E-state index in [4.69, 9.17) is 10.5 Å². The normalized spacial score (nSPS) is 11.0. The van der Waals surface area contributed by atoms with E-state index in [0.29, 0.717) is 6.61 Å². The molecule has 1 amide bonds. The quantitative estimate of drug-likeness (QED) is 0.648. The molecule has 0 aliphatic rings. The van der Waals surface area contributed by atoms with Crippen LogP contribution in [0.1, 0.15) is 33.6 Å². The van der Waals surface area contributed by atoms with Crippen molar-refractivity contribution in [3.8, 4) is 0 Å². The third-order valence-electron chi connectivity index (χ3n) is 1.58. The Morgan fingerprint density at radius 1 is 1.31 bits per heavy atom. The zero-order valence-corrected chi connectivity index (χ0v) is 8.42. The summed E-state index contributed by atoms with van der Waals surface area (Å²) in [4.78, 5) is 21.7. The van der Waals surface area contributed by atoms with E-state index in [2.05, 4.69) is 0 Å². The summed E-state index contributed by atoms with van der Waals surface area (Å²) in [6.07, 6.45) is 0.426. The summed E-state index contributed by atoms with van der Waals surface area (Å²) in [6, 6.07) is 0. The Morgan fingerprint density at radius 3 is 2.23 bits per heavy atom. The Bertz CT molecular complexity index is 199. The lowest BCUT2D eigenvalue weighted by molar-refractivity contribution is -0.145. The second-order valence-electron chi connectivity index (χ2n) is 3.79. The van der Waals surface area contributed by atoms with E-state index in [0.717, 1.165) is 0 Å². The van der Waals surface area contributed by atoms with E-state index >= 15 is 0 Å². The molecule has 0 unspecified atom stereocenters. The van der Waals surface area contributed by atoms with Gasteiger partial charge in [0.15, 0.2) is 0 Å². The Labute approximate surface area is 78.4 Å². The lowest BCUT2D eigenvalue weighted by Gasteiger charge is -2.21. The van der Waals surface area contributed by atoms with Gasteiger partial charge in [-0.05, 0) is 12.3 Å². The Balaban J connectivity index is 4.00. The average molecular weight is 187 g/mol. The molecule has 76 valence electrons. The fraction of sp³-hybridized carbons (Fsp3) is 0.778. The van der Waals surface area contributed by atoms with Gasteiger partial charge in [0.1, 0.15) is 0 Å². The number of amides is 1. The van der Waals surface area contributed by atoms with Crippen LogP contribution in [0.15, 0.2) is 0 Å². The van der Waals surface area contributed by atoms with Crippen molar-refractivity contribution in [3.05, 3.63) is 0 Å². The second-order valence-corrected chi connectivity index (χ2v) is 3.79. The van der Waals surface area contributed by atoms with Crippen LogP contribution in [0.4, 0.5) is 0 Å². The minimum Gasteiger partial charge on any atom is -0.466 e. The van der Waals surface area contributed by atoms with Gasteiger partial charge in [-0.2, -0.15) is 0 Å². The van der Waals surface area contributed by atoms with Gasteiger partial charge in [0.2, 0.25) is 5.91 Å². The van der Waals surface area contributed by atoms with Crippen molar-refractivity contribution in [2.75, 3.05) is 6.61 Å². The summed E-state index contributed by atoms with van der Waals surface area (Å²) in [5.74, 6) is -0.678. The lowest BCUT2D eigenvalue weighted by atomic mass is 9.85. The van der Waals surface area contributed by atoms with Crippen LogP contribution in [0, 0.1) is 5.41 Å². The van der Waals surface area contributed by atoms with Gasteiger partial charge in [0.05, 0.1) is 13.0 Å². The molecule has 0 aromatic carbocycles. The van der Waals surface area contributed by atoms with Crippen LogP contribution in [0.3, 0.4) is 0 Å². The van der Waals surface area contributed by atoms with Gasteiger partial charge in [-0.3, -0.25) is 9.59 Å². The molecule has 0 saturated heterocycles. The fourth-order valence-corrected chi connectivity index (χ4v) is 1.14. The van der Waals surface area contributed by atoms with Crippen LogP contribution < -0.4 is 5.73 Å². The standard InChI is InChI=1S/C9H17NO3/c1-4-13-8(12)6-9(2,3)5-7(10)11/h4-6H2,1-3H3,(H2,10,11). The average Bonchev–Trinajstić information content (AvgIpc) is 1.81. The first-order chi connectivity index (χ1) is 5.87. The highest BCUT2D eigenvalue weighted by Gasteiger charge is 2.24. The minimum absolute atomic E-state index is 0.200. The summed E-state index contributed by atoms with van der Waals surface area (Å²) >= 11 is 0. The number of rotatable bonds is 5. The molecular formula is C9H17NO3. The van der Waals surface area contributed by atoms with E-state index in [1.165, 1.54) is 0 Å². The number of ether oxygens (including phenoxy) is 1. The molecule has 4 heteroatoms. The van der Waals surface area contributed by atoms with Crippen molar-refractivity contribution in [2.45, 2.75) is 33.6 Å². The van der Waals surface area contributed by atoms with Gasteiger partial charge in [0, 0.05) is 6.42 Å². The topological polar surface area (TPSA) is 69.4 Å². The molecule has 0 atom stereocenters. The zero-order chi connectivity index (χ0) is 10.5. The maximum Gasteiger partial charge on any atom is 0.306 e. The Kier molecular flexibility index (Phi) is 4.45. The molecule has 2 N–H and O–H groups in total. The summed E-state index contributed by atoms with van der Waals surface area (Å²) in [5.41, 5.74) is 4.63. The second kappa shape index (κ2) is 4.84. The highest BCUT2D eigenvalue weighted by molar-refractivity contribution is 5.76. The largest absolute Gasteiger partial charge is 0.466 e. The van der Waals surface area contributed by atoms with Gasteiger partial charge < -0.3 is 10.5 Å². The first-order valence-electron chi connectivity index (χ1n) is 4.31. The smallest absolute Gasteiger partial charge is 0.306 e. The van der Waals surface area contributed by atoms with Gasteiger partial charge in [0.25, 0.3) is 0 Å². The third kappa shape index (κ3) is 6.13. The number of esters is 1. The SMILES string of the molecule is CCOC(=O)CC(C)(C)CC(N)=O. The summed E-state index contributed by atoms with van der Waals surface area (Å²) in [7, 11) is 0. The molecule has 4 nitrogen and oxygen atoms in total. The van der Waals surface area contributed by atoms with Gasteiger partial charge in [-0.25, -0.2) is 0 Å². The summed E-state index contributed by atoms with van der Waals surface area (Å²) in [6.45, 7) is 5.74. The van der Waals surface area contributed by atoms with E-state index in [9.17, 15) is 9.59 Å². The Morgan fingerprint density at radius 2 is 1.85 bits per heavy atom. The maximum atomic E-state index is 11.1. The molecule has 0 aromatic heterocycles. The highest BCUT2D eigenvalue weighted by Crippen LogP contribution is 2.24. The van der Waals surface area contributed by atoms with Crippen LogP contribution in [0.2, 0.25) is 0 Å². The first-order valence-corrected chi connectivity index (χ1v) is 4.31. The third-order valence-corrected chi connectivity index (χ3v) is 1.58. The van der Waals surface area contributed by atoms with Crippen LogP contribution in [-0.4, -0.2) is 18.5 Å². The lowest BCUT2D eigenvalue weighted by Crippen LogP contribution is -2.25. The van der Waals surface area contributed by atoms with Crippen molar-refractivity contribution in [1.29, 1.82) is 0 Å². The molecule has 0 radical (unpaired) electrons. The van der Waals surface area contributed by atoms with Crippen molar-refractivity contribution in [2.24, 2.45) is 11.1 Å². The van der Waals surface area contributed by atoms with E-state index in [1.54, 1.807) is 6.92 Å². The number of hydrogen-bond acceptors (Lipinski definition) is 3. The van der Waals surface area contributed by atoms with Gasteiger partial charge in [-0.15, -0.1) is 0 Å². The predicted octanol–water partition coefficient (Wildman–Crippen LogP) is 0.841. The Hall–Kier alpha value is -1.06. The van der Waals surface area contributed by atoms with Crippen LogP contribution in [0.5, 0.6) is 0 Å². The number of primary amides is 1. The monoisotopic (exact) mass is 187 g/mol. The zero-order valence-electron chi connectivity index (χ0n) is 8.42. The van der Waals surface area contributed by atoms with E-state index < -0.39 is 11.3 Å². The summed E-state index contributed by atoms with van der Waals surface area (Å²) < 4.78 is 4.77. The predicted molar refractivity (Wildman–Crippen MR) is 48.8 cm³/mol. The molecule has 0 aliphatic carbocycles. The molecule has 0 aromatic rings. The molecule has 13 heavy (non-hydrogen) atoms. The van der Waals surface area contributed by atoms with Gasteiger partial charge >= 0.3 is 5.97 Å². The minimum atomic E-state index is -0.405. The molecular weight excluding hydrogens is 170 g/mol. The fourth-order valence-electron chi connectivity index (χ4n) is 1.14. The molecule has 0 saturated carbocycles. The van der Waals surface area contributed by atoms with Crippen molar-refractivity contribution in [1.82, 2.24) is 0 Å². The summed E-state index contributed by atoms with van der Waals surface area (Å²) in [5, 5.41) is 0. The highest BCUT2D eigenvalue weighted by atomic mass is 16.5. The van der Waals surface area contributed by atoms with E-state index in [1.807, 2.05) is 13.8 Å². The molecule has 0 fully saturated rings. The first kappa shape index (κ1) is 11.9. The molecule has 0 bridgehead atoms.